The second kappa shape index (κ2) is 8.23. The van der Waals surface area contributed by atoms with Crippen molar-refractivity contribution >= 4 is 22.1 Å². The van der Waals surface area contributed by atoms with E-state index >= 15 is 0 Å². The third-order valence-corrected chi connectivity index (χ3v) is 5.86. The zero-order chi connectivity index (χ0) is 21.4. The molecule has 0 unspecified atom stereocenters. The van der Waals surface area contributed by atoms with Crippen LogP contribution >= 0.6 is 0 Å². The van der Waals surface area contributed by atoms with Gasteiger partial charge in [0, 0.05) is 42.9 Å². The average Bonchev–Trinajstić information content (AvgIpc) is 3.18. The number of aromatic amines is 1. The van der Waals surface area contributed by atoms with Crippen LogP contribution in [-0.4, -0.2) is 56.1 Å². The summed E-state index contributed by atoms with van der Waals surface area (Å²) in [7, 11) is 2.15. The van der Waals surface area contributed by atoms with Gasteiger partial charge < -0.3 is 14.6 Å². The van der Waals surface area contributed by atoms with Crippen LogP contribution < -0.4 is 4.74 Å². The number of hydrogen-bond donors (Lipinski definition) is 1. The molecular weight excluding hydrogens is 388 g/mol. The van der Waals surface area contributed by atoms with Crippen LogP contribution in [0.1, 0.15) is 32.5 Å². The molecule has 31 heavy (non-hydrogen) atoms. The summed E-state index contributed by atoms with van der Waals surface area (Å²) in [6.45, 7) is 6.46. The highest BCUT2D eigenvalue weighted by Crippen LogP contribution is 2.30. The number of aromatic nitrogens is 5. The van der Waals surface area contributed by atoms with Crippen LogP contribution in [0.2, 0.25) is 0 Å². The molecule has 5 rings (SSSR count). The van der Waals surface area contributed by atoms with E-state index in [2.05, 4.69) is 52.9 Å². The van der Waals surface area contributed by atoms with E-state index in [1.807, 2.05) is 18.5 Å². The molecule has 0 atom stereocenters. The van der Waals surface area contributed by atoms with E-state index in [4.69, 9.17) is 14.7 Å². The molecule has 0 aliphatic carbocycles. The third kappa shape index (κ3) is 4.23. The summed E-state index contributed by atoms with van der Waals surface area (Å²) in [5, 5.41) is 1.01. The fourth-order valence-corrected chi connectivity index (χ4v) is 4.14. The van der Waals surface area contributed by atoms with Crippen LogP contribution in [0.3, 0.4) is 0 Å². The highest BCUT2D eigenvalue weighted by molar-refractivity contribution is 5.95. The van der Waals surface area contributed by atoms with Crippen LogP contribution in [0.25, 0.3) is 33.2 Å². The maximum atomic E-state index is 6.13. The van der Waals surface area contributed by atoms with Gasteiger partial charge >= 0.3 is 0 Å². The Hall–Kier alpha value is -3.06. The summed E-state index contributed by atoms with van der Waals surface area (Å²) in [6, 6.07) is 6.14. The molecule has 0 radical (unpaired) electrons. The van der Waals surface area contributed by atoms with Gasteiger partial charge in [0.15, 0.2) is 0 Å². The second-order valence-corrected chi connectivity index (χ2v) is 8.88. The van der Waals surface area contributed by atoms with Crippen molar-refractivity contribution in [2.45, 2.75) is 39.2 Å². The molecule has 1 aliphatic heterocycles. The Morgan fingerprint density at radius 2 is 1.94 bits per heavy atom. The third-order valence-electron chi connectivity index (χ3n) is 5.86. The molecule has 1 N–H and O–H groups in total. The number of nitrogens with one attached hydrogen (secondary N) is 1. The number of nitrogens with zero attached hydrogens (tertiary/aromatic N) is 5. The lowest BCUT2D eigenvalue weighted by molar-refractivity contribution is 0.110. The van der Waals surface area contributed by atoms with E-state index in [1.165, 1.54) is 0 Å². The average molecular weight is 417 g/mol. The van der Waals surface area contributed by atoms with Crippen LogP contribution in [0.5, 0.6) is 5.88 Å². The maximum Gasteiger partial charge on any atom is 0.233 e. The molecule has 7 nitrogen and oxygen atoms in total. The summed E-state index contributed by atoms with van der Waals surface area (Å²) in [4.78, 5) is 24.2. The summed E-state index contributed by atoms with van der Waals surface area (Å²) < 4.78 is 6.13. The number of fused-ring (bicyclic) bond motifs is 2. The lowest BCUT2D eigenvalue weighted by atomic mass is 10.1. The summed E-state index contributed by atoms with van der Waals surface area (Å²) in [5.74, 6) is 1.99. The monoisotopic (exact) mass is 416 g/mol. The number of hydrogen-bond acceptors (Lipinski definition) is 6. The lowest BCUT2D eigenvalue weighted by Crippen LogP contribution is -2.35. The fourth-order valence-electron chi connectivity index (χ4n) is 4.14. The molecule has 4 heterocycles. The summed E-state index contributed by atoms with van der Waals surface area (Å²) >= 11 is 0. The molecule has 0 bridgehead atoms. The minimum atomic E-state index is 0.205. The molecular formula is C24H28N6O. The maximum absolute atomic E-state index is 6.13. The van der Waals surface area contributed by atoms with Crippen molar-refractivity contribution in [3.63, 3.8) is 0 Å². The number of piperidine rings is 1. The van der Waals surface area contributed by atoms with Crippen molar-refractivity contribution in [2.24, 2.45) is 5.92 Å². The van der Waals surface area contributed by atoms with Gasteiger partial charge in [-0.15, -0.1) is 0 Å². The first-order valence-corrected chi connectivity index (χ1v) is 11.0. The Kier molecular flexibility index (Phi) is 5.28. The fraction of sp³-hybridized carbons (Fsp3) is 0.417. The van der Waals surface area contributed by atoms with Gasteiger partial charge in [0.05, 0.1) is 17.2 Å². The minimum absolute atomic E-state index is 0.205. The van der Waals surface area contributed by atoms with E-state index < -0.39 is 0 Å². The first-order chi connectivity index (χ1) is 15.0. The quantitative estimate of drug-likeness (QED) is 0.524. The standard InChI is InChI=1S/C24H28N6O/c1-15(2)10-22-26-13-19-18(12-27-24(19)29-22)16-4-5-20-21(11-16)28-23(14-25-20)31-17-6-8-30(3)9-7-17/h4-5,11-15,17H,6-10H2,1-3H3,(H,26,27,29). The second-order valence-electron chi connectivity index (χ2n) is 8.88. The SMILES string of the molecule is CC(C)Cc1ncc2c(-c3ccc4ncc(OC5CCN(C)CC5)nc4c3)c[nH]c2n1. The Bertz CT molecular complexity index is 1210. The molecule has 1 aliphatic rings. The lowest BCUT2D eigenvalue weighted by Gasteiger charge is -2.28. The summed E-state index contributed by atoms with van der Waals surface area (Å²) in [6.07, 6.45) is 8.76. The molecule has 0 amide bonds. The van der Waals surface area contributed by atoms with Crippen molar-refractivity contribution < 1.29 is 4.74 Å². The number of benzene rings is 1. The number of ether oxygens (including phenoxy) is 1. The van der Waals surface area contributed by atoms with Gasteiger partial charge in [-0.25, -0.2) is 19.9 Å². The van der Waals surface area contributed by atoms with Gasteiger partial charge in [-0.05, 0) is 43.5 Å². The van der Waals surface area contributed by atoms with Crippen molar-refractivity contribution in [3.05, 3.63) is 42.6 Å². The van der Waals surface area contributed by atoms with Crippen LogP contribution in [0.4, 0.5) is 0 Å². The molecule has 0 saturated carbocycles. The zero-order valence-electron chi connectivity index (χ0n) is 18.3. The Morgan fingerprint density at radius 1 is 1.10 bits per heavy atom. The van der Waals surface area contributed by atoms with Gasteiger partial charge in [0.2, 0.25) is 5.88 Å². The molecule has 1 fully saturated rings. The van der Waals surface area contributed by atoms with E-state index in [0.29, 0.717) is 11.8 Å². The molecule has 4 aromatic rings. The van der Waals surface area contributed by atoms with Crippen LogP contribution in [-0.2, 0) is 6.42 Å². The Labute approximate surface area is 181 Å². The predicted molar refractivity (Wildman–Crippen MR) is 122 cm³/mol. The van der Waals surface area contributed by atoms with Crippen molar-refractivity contribution in [2.75, 3.05) is 20.1 Å². The zero-order valence-corrected chi connectivity index (χ0v) is 18.3. The predicted octanol–water partition coefficient (Wildman–Crippen LogP) is 4.24. The summed E-state index contributed by atoms with van der Waals surface area (Å²) in [5.41, 5.74) is 4.68. The molecule has 1 aromatic carbocycles. The molecule has 0 spiro atoms. The highest BCUT2D eigenvalue weighted by atomic mass is 16.5. The van der Waals surface area contributed by atoms with Crippen molar-refractivity contribution in [1.82, 2.24) is 29.8 Å². The van der Waals surface area contributed by atoms with E-state index in [1.54, 1.807) is 6.20 Å². The first-order valence-electron chi connectivity index (χ1n) is 11.0. The minimum Gasteiger partial charge on any atom is -0.473 e. The Morgan fingerprint density at radius 3 is 2.74 bits per heavy atom. The smallest absolute Gasteiger partial charge is 0.233 e. The molecule has 3 aromatic heterocycles. The first kappa shape index (κ1) is 19.9. The van der Waals surface area contributed by atoms with Crippen LogP contribution in [0.15, 0.2) is 36.8 Å². The van der Waals surface area contributed by atoms with Gasteiger partial charge in [-0.2, -0.15) is 0 Å². The van der Waals surface area contributed by atoms with E-state index in [-0.39, 0.29) is 6.10 Å². The number of rotatable bonds is 5. The molecule has 7 heteroatoms. The number of H-pyrrole nitrogens is 1. The van der Waals surface area contributed by atoms with Gasteiger partial charge in [0.25, 0.3) is 0 Å². The van der Waals surface area contributed by atoms with E-state index in [0.717, 1.165) is 71.4 Å². The Balaban J connectivity index is 1.43. The van der Waals surface area contributed by atoms with Gasteiger partial charge in [-0.3, -0.25) is 0 Å². The van der Waals surface area contributed by atoms with Crippen LogP contribution in [0, 0.1) is 5.92 Å². The topological polar surface area (TPSA) is 79.8 Å². The molecule has 160 valence electrons. The number of likely N-dealkylation sites (tertiary alicyclic amines) is 1. The van der Waals surface area contributed by atoms with Gasteiger partial charge in [-0.1, -0.05) is 19.9 Å². The van der Waals surface area contributed by atoms with Gasteiger partial charge in [0.1, 0.15) is 17.6 Å². The largest absolute Gasteiger partial charge is 0.473 e. The molecule has 1 saturated heterocycles. The van der Waals surface area contributed by atoms with Crippen molar-refractivity contribution in [1.29, 1.82) is 0 Å². The van der Waals surface area contributed by atoms with E-state index in [9.17, 15) is 0 Å². The normalized spacial score (nSPS) is 15.9. The highest BCUT2D eigenvalue weighted by Gasteiger charge is 2.19. The van der Waals surface area contributed by atoms with Crippen molar-refractivity contribution in [3.8, 4) is 17.0 Å².